The van der Waals surface area contributed by atoms with E-state index in [-0.39, 0.29) is 5.89 Å². The van der Waals surface area contributed by atoms with Crippen molar-refractivity contribution < 1.29 is 18.8 Å². The number of urea groups is 1. The van der Waals surface area contributed by atoms with E-state index in [1.807, 2.05) is 6.92 Å². The Hall–Kier alpha value is -3.75. The lowest BCUT2D eigenvalue weighted by atomic mass is 9.91. The Balaban J connectivity index is 1.62. The number of rotatable bonds is 5. The van der Waals surface area contributed by atoms with Crippen molar-refractivity contribution in [1.82, 2.24) is 25.8 Å². The molecule has 28 heavy (non-hydrogen) atoms. The highest BCUT2D eigenvalue weighted by Gasteiger charge is 2.43. The third kappa shape index (κ3) is 2.96. The molecule has 2 aromatic heterocycles. The number of aromatic nitrogens is 3. The molecule has 3 heterocycles. The molecule has 1 aromatic carbocycles. The molecule has 1 fully saturated rings. The van der Waals surface area contributed by atoms with Gasteiger partial charge in [-0.05, 0) is 31.5 Å². The summed E-state index contributed by atoms with van der Waals surface area (Å²) >= 11 is 0. The zero-order chi connectivity index (χ0) is 19.7. The molecular formula is C19H17N5O4. The standard InChI is InChI=1S/C19H17N5O4/c1-3-27-13-5-4-10-20-14(13)16-21-15(24-28-16)11-6-8-12(9-7-11)19(2)17(25)22-18(26)23-19/h4-10H,3H2,1-2H3,(H2,22,23,25,26). The van der Waals surface area contributed by atoms with Gasteiger partial charge in [0.05, 0.1) is 6.61 Å². The van der Waals surface area contributed by atoms with Crippen LogP contribution in [0.4, 0.5) is 4.79 Å². The van der Waals surface area contributed by atoms with Crippen LogP contribution in [0.1, 0.15) is 19.4 Å². The number of hydrogen-bond acceptors (Lipinski definition) is 7. The summed E-state index contributed by atoms with van der Waals surface area (Å²) in [6.07, 6.45) is 1.62. The molecule has 4 rings (SSSR count). The minimum Gasteiger partial charge on any atom is -0.491 e. The van der Waals surface area contributed by atoms with Crippen LogP contribution in [0.2, 0.25) is 0 Å². The highest BCUT2D eigenvalue weighted by atomic mass is 16.5. The number of benzene rings is 1. The molecule has 1 saturated heterocycles. The fourth-order valence-corrected chi connectivity index (χ4v) is 2.96. The molecule has 3 amide bonds. The van der Waals surface area contributed by atoms with E-state index < -0.39 is 17.5 Å². The normalized spacial score (nSPS) is 18.6. The molecule has 1 unspecified atom stereocenters. The summed E-state index contributed by atoms with van der Waals surface area (Å²) in [5.74, 6) is 0.786. The van der Waals surface area contributed by atoms with Crippen molar-refractivity contribution in [2.45, 2.75) is 19.4 Å². The second-order valence-electron chi connectivity index (χ2n) is 6.32. The zero-order valence-corrected chi connectivity index (χ0v) is 15.2. The van der Waals surface area contributed by atoms with E-state index in [1.54, 1.807) is 49.5 Å². The van der Waals surface area contributed by atoms with Crippen molar-refractivity contribution >= 4 is 11.9 Å². The van der Waals surface area contributed by atoms with E-state index in [0.29, 0.717) is 35.0 Å². The topological polar surface area (TPSA) is 119 Å². The van der Waals surface area contributed by atoms with Gasteiger partial charge >= 0.3 is 6.03 Å². The number of amides is 3. The second-order valence-corrected chi connectivity index (χ2v) is 6.32. The molecule has 0 radical (unpaired) electrons. The van der Waals surface area contributed by atoms with Gasteiger partial charge in [-0.25, -0.2) is 9.78 Å². The fourth-order valence-electron chi connectivity index (χ4n) is 2.96. The first-order valence-electron chi connectivity index (χ1n) is 8.67. The lowest BCUT2D eigenvalue weighted by Gasteiger charge is -2.20. The SMILES string of the molecule is CCOc1cccnc1-c1nc(-c2ccc(C3(C)NC(=O)NC3=O)cc2)no1. The molecule has 3 aromatic rings. The predicted octanol–water partition coefficient (Wildman–Crippen LogP) is 2.25. The summed E-state index contributed by atoms with van der Waals surface area (Å²) in [6, 6.07) is 10.0. The summed E-state index contributed by atoms with van der Waals surface area (Å²) in [5, 5.41) is 8.87. The van der Waals surface area contributed by atoms with E-state index in [4.69, 9.17) is 9.26 Å². The molecule has 9 nitrogen and oxygen atoms in total. The quantitative estimate of drug-likeness (QED) is 0.653. The molecule has 2 N–H and O–H groups in total. The Kier molecular flexibility index (Phi) is 4.26. The average Bonchev–Trinajstić information content (AvgIpc) is 3.28. The van der Waals surface area contributed by atoms with Crippen molar-refractivity contribution in [1.29, 1.82) is 0 Å². The Morgan fingerprint density at radius 1 is 1.18 bits per heavy atom. The molecule has 0 saturated carbocycles. The lowest BCUT2D eigenvalue weighted by molar-refractivity contribution is -0.123. The maximum absolute atomic E-state index is 12.1. The van der Waals surface area contributed by atoms with Gasteiger partial charge in [0.25, 0.3) is 11.8 Å². The minimum absolute atomic E-state index is 0.248. The van der Waals surface area contributed by atoms with Gasteiger partial charge in [0.1, 0.15) is 5.54 Å². The monoisotopic (exact) mass is 379 g/mol. The number of carbonyl (C=O) groups excluding carboxylic acids is 2. The summed E-state index contributed by atoms with van der Waals surface area (Å²) in [6.45, 7) is 4.01. The van der Waals surface area contributed by atoms with E-state index in [2.05, 4.69) is 25.8 Å². The smallest absolute Gasteiger partial charge is 0.322 e. The van der Waals surface area contributed by atoms with Crippen molar-refractivity contribution in [3.05, 3.63) is 48.2 Å². The van der Waals surface area contributed by atoms with Gasteiger partial charge < -0.3 is 14.6 Å². The molecule has 1 aliphatic heterocycles. The number of nitrogens with one attached hydrogen (secondary N) is 2. The molecular weight excluding hydrogens is 362 g/mol. The third-order valence-corrected chi connectivity index (χ3v) is 4.46. The van der Waals surface area contributed by atoms with Crippen LogP contribution in [0.15, 0.2) is 47.1 Å². The maximum Gasteiger partial charge on any atom is 0.322 e. The Bertz CT molecular complexity index is 1050. The Morgan fingerprint density at radius 2 is 1.96 bits per heavy atom. The zero-order valence-electron chi connectivity index (χ0n) is 15.2. The first kappa shape index (κ1) is 17.7. The number of nitrogens with zero attached hydrogens (tertiary/aromatic N) is 3. The van der Waals surface area contributed by atoms with Gasteiger partial charge in [0, 0.05) is 11.8 Å². The Labute approximate surface area is 160 Å². The average molecular weight is 379 g/mol. The molecule has 0 aliphatic carbocycles. The van der Waals surface area contributed by atoms with Crippen LogP contribution in [0, 0.1) is 0 Å². The summed E-state index contributed by atoms with van der Waals surface area (Å²) in [4.78, 5) is 32.2. The van der Waals surface area contributed by atoms with Crippen molar-refractivity contribution in [2.24, 2.45) is 0 Å². The molecule has 142 valence electrons. The number of pyridine rings is 1. The van der Waals surface area contributed by atoms with E-state index in [0.717, 1.165) is 0 Å². The lowest BCUT2D eigenvalue weighted by Crippen LogP contribution is -2.40. The van der Waals surface area contributed by atoms with Gasteiger partial charge in [0.15, 0.2) is 11.4 Å². The third-order valence-electron chi connectivity index (χ3n) is 4.46. The van der Waals surface area contributed by atoms with E-state index >= 15 is 0 Å². The van der Waals surface area contributed by atoms with Crippen LogP contribution in [0.3, 0.4) is 0 Å². The highest BCUT2D eigenvalue weighted by molar-refractivity contribution is 6.07. The van der Waals surface area contributed by atoms with Crippen LogP contribution in [0.25, 0.3) is 23.0 Å². The van der Waals surface area contributed by atoms with Gasteiger partial charge in [-0.15, -0.1) is 0 Å². The number of carbonyl (C=O) groups is 2. The molecule has 0 bridgehead atoms. The van der Waals surface area contributed by atoms with Gasteiger partial charge in [-0.3, -0.25) is 10.1 Å². The first-order valence-corrected chi connectivity index (χ1v) is 8.67. The minimum atomic E-state index is -1.11. The van der Waals surface area contributed by atoms with Crippen LogP contribution in [-0.2, 0) is 10.3 Å². The molecule has 1 aliphatic rings. The molecule has 1 atom stereocenters. The fraction of sp³-hybridized carbons (Fsp3) is 0.211. The number of hydrogen-bond donors (Lipinski definition) is 2. The number of ether oxygens (including phenoxy) is 1. The maximum atomic E-state index is 12.1. The van der Waals surface area contributed by atoms with Gasteiger partial charge in [-0.1, -0.05) is 29.4 Å². The van der Waals surface area contributed by atoms with E-state index in [9.17, 15) is 9.59 Å². The highest BCUT2D eigenvalue weighted by Crippen LogP contribution is 2.30. The van der Waals surface area contributed by atoms with E-state index in [1.165, 1.54) is 0 Å². The Morgan fingerprint density at radius 3 is 2.64 bits per heavy atom. The van der Waals surface area contributed by atoms with Crippen LogP contribution in [-0.4, -0.2) is 33.7 Å². The summed E-state index contributed by atoms with van der Waals surface area (Å²) in [5.41, 5.74) is 0.698. The largest absolute Gasteiger partial charge is 0.491 e. The molecule has 9 heteroatoms. The van der Waals surface area contributed by atoms with Gasteiger partial charge in [-0.2, -0.15) is 4.98 Å². The second kappa shape index (κ2) is 6.76. The van der Waals surface area contributed by atoms with Crippen molar-refractivity contribution in [3.8, 4) is 28.7 Å². The summed E-state index contributed by atoms with van der Waals surface area (Å²) in [7, 11) is 0. The number of imide groups is 1. The first-order chi connectivity index (χ1) is 13.5. The van der Waals surface area contributed by atoms with Crippen LogP contribution >= 0.6 is 0 Å². The summed E-state index contributed by atoms with van der Waals surface area (Å²) < 4.78 is 10.9. The van der Waals surface area contributed by atoms with Crippen molar-refractivity contribution in [2.75, 3.05) is 6.61 Å². The predicted molar refractivity (Wildman–Crippen MR) is 98.2 cm³/mol. The van der Waals surface area contributed by atoms with Crippen LogP contribution < -0.4 is 15.4 Å². The molecule has 0 spiro atoms. The van der Waals surface area contributed by atoms with Gasteiger partial charge in [0.2, 0.25) is 5.82 Å². The van der Waals surface area contributed by atoms with Crippen LogP contribution in [0.5, 0.6) is 5.75 Å². The van der Waals surface area contributed by atoms with Crippen molar-refractivity contribution in [3.63, 3.8) is 0 Å².